The van der Waals surface area contributed by atoms with Crippen molar-refractivity contribution >= 4 is 17.5 Å². The lowest BCUT2D eigenvalue weighted by molar-refractivity contribution is 0.0951. The third kappa shape index (κ3) is 5.78. The van der Waals surface area contributed by atoms with Crippen LogP contribution in [0.25, 0.3) is 0 Å². The lowest BCUT2D eigenvalue weighted by atomic mass is 9.76. The van der Waals surface area contributed by atoms with Gasteiger partial charge in [0.1, 0.15) is 5.41 Å². The number of nitrogens with zero attached hydrogens (tertiary/aromatic N) is 3. The van der Waals surface area contributed by atoms with Crippen molar-refractivity contribution in [2.45, 2.75) is 31.3 Å². The standard InChI is InChI=1S/C28H29ClN4O3/c1-35-24-8-3-21(15-25(24)36-2)18-33-13-10-28(19-30,11-14-33)26-16-20(9-12-31-26)17-32-27(34)22-4-6-23(29)7-5-22/h3-9,12,15-16H,10-11,13-14,17-18H2,1-2H3,(H,32,34). The first-order chi connectivity index (χ1) is 17.5. The van der Waals surface area contributed by atoms with Crippen LogP contribution >= 0.6 is 11.6 Å². The number of nitriles is 1. The van der Waals surface area contributed by atoms with Crippen molar-refractivity contribution < 1.29 is 14.3 Å². The van der Waals surface area contributed by atoms with Gasteiger partial charge < -0.3 is 14.8 Å². The molecule has 1 aliphatic rings. The summed E-state index contributed by atoms with van der Waals surface area (Å²) in [5, 5.41) is 13.7. The molecule has 0 spiro atoms. The van der Waals surface area contributed by atoms with Crippen molar-refractivity contribution in [2.75, 3.05) is 27.3 Å². The number of piperidine rings is 1. The highest BCUT2D eigenvalue weighted by molar-refractivity contribution is 6.30. The molecule has 1 amide bonds. The fourth-order valence-electron chi connectivity index (χ4n) is 4.49. The first kappa shape index (κ1) is 25.5. The van der Waals surface area contributed by atoms with Gasteiger partial charge in [-0.1, -0.05) is 17.7 Å². The van der Waals surface area contributed by atoms with Crippen molar-refractivity contribution in [3.63, 3.8) is 0 Å². The summed E-state index contributed by atoms with van der Waals surface area (Å²) in [6.45, 7) is 2.68. The predicted molar refractivity (Wildman–Crippen MR) is 138 cm³/mol. The quantitative estimate of drug-likeness (QED) is 0.476. The van der Waals surface area contributed by atoms with Gasteiger partial charge in [-0.3, -0.25) is 14.7 Å². The summed E-state index contributed by atoms with van der Waals surface area (Å²) >= 11 is 5.90. The molecule has 2 heterocycles. The summed E-state index contributed by atoms with van der Waals surface area (Å²) < 4.78 is 10.8. The van der Waals surface area contributed by atoms with E-state index in [1.807, 2.05) is 30.3 Å². The van der Waals surface area contributed by atoms with Crippen LogP contribution in [0.3, 0.4) is 0 Å². The van der Waals surface area contributed by atoms with Crippen molar-refractivity contribution in [1.82, 2.24) is 15.2 Å². The maximum atomic E-state index is 12.5. The molecule has 1 aromatic heterocycles. The molecule has 0 radical (unpaired) electrons. The second-order valence-electron chi connectivity index (χ2n) is 8.90. The van der Waals surface area contributed by atoms with E-state index in [1.54, 1.807) is 44.7 Å². The van der Waals surface area contributed by atoms with E-state index in [0.717, 1.165) is 36.5 Å². The number of hydrogen-bond acceptors (Lipinski definition) is 6. The Morgan fingerprint density at radius 2 is 1.78 bits per heavy atom. The average molecular weight is 505 g/mol. The predicted octanol–water partition coefficient (Wildman–Crippen LogP) is 4.74. The van der Waals surface area contributed by atoms with Crippen LogP contribution < -0.4 is 14.8 Å². The Bertz CT molecular complexity index is 1250. The van der Waals surface area contributed by atoms with Crippen LogP contribution in [0.2, 0.25) is 5.02 Å². The summed E-state index contributed by atoms with van der Waals surface area (Å²) in [5.41, 5.74) is 2.70. The molecule has 7 nitrogen and oxygen atoms in total. The van der Waals surface area contributed by atoms with Crippen LogP contribution in [0.4, 0.5) is 0 Å². The Morgan fingerprint density at radius 3 is 2.44 bits per heavy atom. The number of aromatic nitrogens is 1. The Kier molecular flexibility index (Phi) is 8.09. The average Bonchev–Trinajstić information content (AvgIpc) is 2.92. The molecular weight excluding hydrogens is 476 g/mol. The van der Waals surface area contributed by atoms with Gasteiger partial charge in [0.05, 0.1) is 26.0 Å². The molecule has 0 atom stereocenters. The highest BCUT2D eigenvalue weighted by Crippen LogP contribution is 2.35. The maximum absolute atomic E-state index is 12.5. The van der Waals surface area contributed by atoms with Gasteiger partial charge in [-0.2, -0.15) is 5.26 Å². The molecule has 3 aromatic rings. The highest BCUT2D eigenvalue weighted by Gasteiger charge is 2.38. The fourth-order valence-corrected chi connectivity index (χ4v) is 4.61. The first-order valence-corrected chi connectivity index (χ1v) is 12.2. The SMILES string of the molecule is COc1ccc(CN2CCC(C#N)(c3cc(CNC(=O)c4ccc(Cl)cc4)ccn3)CC2)cc1OC. The van der Waals surface area contributed by atoms with E-state index >= 15 is 0 Å². The van der Waals surface area contributed by atoms with E-state index in [9.17, 15) is 10.1 Å². The topological polar surface area (TPSA) is 87.5 Å². The van der Waals surface area contributed by atoms with Crippen molar-refractivity contribution in [2.24, 2.45) is 0 Å². The molecule has 0 unspecified atom stereocenters. The Morgan fingerprint density at radius 1 is 1.06 bits per heavy atom. The molecule has 1 fully saturated rings. The van der Waals surface area contributed by atoms with Gasteiger partial charge in [0.15, 0.2) is 11.5 Å². The zero-order valence-corrected chi connectivity index (χ0v) is 21.2. The molecule has 0 saturated carbocycles. The number of halogens is 1. The van der Waals surface area contributed by atoms with Crippen molar-refractivity contribution in [1.29, 1.82) is 5.26 Å². The molecule has 4 rings (SSSR count). The Hall–Kier alpha value is -3.60. The van der Waals surface area contributed by atoms with Crippen LogP contribution in [0, 0.1) is 11.3 Å². The third-order valence-electron chi connectivity index (χ3n) is 6.65. The number of carbonyl (C=O) groups is 1. The minimum atomic E-state index is -0.649. The van der Waals surface area contributed by atoms with Gasteiger partial charge in [0.2, 0.25) is 0 Å². The second kappa shape index (κ2) is 11.4. The van der Waals surface area contributed by atoms with E-state index in [0.29, 0.717) is 41.5 Å². The number of benzene rings is 2. The first-order valence-electron chi connectivity index (χ1n) is 11.8. The van der Waals surface area contributed by atoms with Gasteiger partial charge >= 0.3 is 0 Å². The summed E-state index contributed by atoms with van der Waals surface area (Å²) in [4.78, 5) is 19.3. The van der Waals surface area contributed by atoms with Gasteiger partial charge in [-0.15, -0.1) is 0 Å². The summed E-state index contributed by atoms with van der Waals surface area (Å²) in [6.07, 6.45) is 3.09. The van der Waals surface area contributed by atoms with E-state index in [-0.39, 0.29) is 5.91 Å². The van der Waals surface area contributed by atoms with Gasteiger partial charge in [0.25, 0.3) is 5.91 Å². The summed E-state index contributed by atoms with van der Waals surface area (Å²) in [7, 11) is 3.26. The van der Waals surface area contributed by atoms with Crippen molar-refractivity contribution in [3.8, 4) is 17.6 Å². The van der Waals surface area contributed by atoms with E-state index in [2.05, 4.69) is 21.3 Å². The van der Waals surface area contributed by atoms with Crippen LogP contribution in [0.1, 0.15) is 40.0 Å². The van der Waals surface area contributed by atoms with Crippen LogP contribution in [-0.2, 0) is 18.5 Å². The lowest BCUT2D eigenvalue weighted by Gasteiger charge is -2.37. The highest BCUT2D eigenvalue weighted by atomic mass is 35.5. The molecule has 8 heteroatoms. The van der Waals surface area contributed by atoms with Crippen LogP contribution in [-0.4, -0.2) is 43.1 Å². The zero-order chi connectivity index (χ0) is 25.5. The molecule has 1 N–H and O–H groups in total. The number of ether oxygens (including phenoxy) is 2. The number of nitrogens with one attached hydrogen (secondary N) is 1. The van der Waals surface area contributed by atoms with Gasteiger partial charge in [0, 0.05) is 43.0 Å². The molecule has 2 aromatic carbocycles. The molecule has 186 valence electrons. The van der Waals surface area contributed by atoms with Crippen molar-refractivity contribution in [3.05, 3.63) is 88.2 Å². The van der Waals surface area contributed by atoms with E-state index in [1.165, 1.54) is 0 Å². The third-order valence-corrected chi connectivity index (χ3v) is 6.90. The summed E-state index contributed by atoms with van der Waals surface area (Å²) in [6, 6.07) is 19.1. The minimum Gasteiger partial charge on any atom is -0.493 e. The fraction of sp³-hybridized carbons (Fsp3) is 0.321. The molecule has 0 aliphatic carbocycles. The maximum Gasteiger partial charge on any atom is 0.251 e. The number of likely N-dealkylation sites (tertiary alicyclic amines) is 1. The van der Waals surface area contributed by atoms with E-state index < -0.39 is 5.41 Å². The summed E-state index contributed by atoms with van der Waals surface area (Å²) in [5.74, 6) is 1.24. The number of amides is 1. The van der Waals surface area contributed by atoms with Gasteiger partial charge in [-0.05, 0) is 72.5 Å². The molecule has 1 aliphatic heterocycles. The number of rotatable bonds is 8. The second-order valence-corrected chi connectivity index (χ2v) is 9.33. The minimum absolute atomic E-state index is 0.177. The smallest absolute Gasteiger partial charge is 0.251 e. The number of methoxy groups -OCH3 is 2. The zero-order valence-electron chi connectivity index (χ0n) is 20.5. The number of pyridine rings is 1. The molecule has 1 saturated heterocycles. The Balaban J connectivity index is 1.39. The largest absolute Gasteiger partial charge is 0.493 e. The molecule has 0 bridgehead atoms. The molecular formula is C28H29ClN4O3. The normalized spacial score (nSPS) is 15.1. The van der Waals surface area contributed by atoms with E-state index in [4.69, 9.17) is 21.1 Å². The Labute approximate surface area is 216 Å². The van der Waals surface area contributed by atoms with Crippen LogP contribution in [0.15, 0.2) is 60.8 Å². The van der Waals surface area contributed by atoms with Crippen LogP contribution in [0.5, 0.6) is 11.5 Å². The monoisotopic (exact) mass is 504 g/mol. The van der Waals surface area contributed by atoms with Gasteiger partial charge in [-0.25, -0.2) is 0 Å². The number of carbonyl (C=O) groups excluding carboxylic acids is 1. The number of hydrogen-bond donors (Lipinski definition) is 1. The lowest BCUT2D eigenvalue weighted by Crippen LogP contribution is -2.42. The molecule has 36 heavy (non-hydrogen) atoms.